The molecule has 4 rings (SSSR count). The summed E-state index contributed by atoms with van der Waals surface area (Å²) < 4.78 is 28.4. The Hall–Kier alpha value is -3.22. The molecule has 156 valence electrons. The predicted molar refractivity (Wildman–Crippen MR) is 110 cm³/mol. The second-order valence-corrected chi connectivity index (χ2v) is 7.71. The van der Waals surface area contributed by atoms with Crippen molar-refractivity contribution in [3.8, 4) is 5.69 Å². The molecule has 7 heteroatoms. The number of amides is 2. The standard InChI is InChI=1S/C23H24F2N4O/c24-20-9-10-22(21(25)11-20)29-16-19(13-27-29)12-26-23(30)28(15-18-7-4-8-18)14-17-5-2-1-3-6-17/h1-3,5-6,9-11,13,16,18H,4,7-8,12,14-15H2,(H,26,30). The summed E-state index contributed by atoms with van der Waals surface area (Å²) in [4.78, 5) is 14.7. The minimum Gasteiger partial charge on any atom is -0.334 e. The minimum atomic E-state index is -0.691. The van der Waals surface area contributed by atoms with E-state index >= 15 is 0 Å². The number of halogens is 2. The first-order valence-electron chi connectivity index (χ1n) is 10.1. The van der Waals surface area contributed by atoms with Crippen molar-refractivity contribution in [3.05, 3.63) is 83.7 Å². The smallest absolute Gasteiger partial charge is 0.317 e. The van der Waals surface area contributed by atoms with Gasteiger partial charge >= 0.3 is 6.03 Å². The summed E-state index contributed by atoms with van der Waals surface area (Å²) in [6.45, 7) is 1.57. The molecule has 1 aliphatic rings. The molecule has 1 saturated carbocycles. The Kier molecular flexibility index (Phi) is 6.07. The molecule has 0 saturated heterocycles. The zero-order valence-electron chi connectivity index (χ0n) is 16.6. The van der Waals surface area contributed by atoms with Gasteiger partial charge in [-0.25, -0.2) is 18.3 Å². The third-order valence-electron chi connectivity index (χ3n) is 5.44. The molecule has 0 radical (unpaired) electrons. The maximum absolute atomic E-state index is 14.0. The molecule has 1 N–H and O–H groups in total. The number of benzene rings is 2. The highest BCUT2D eigenvalue weighted by molar-refractivity contribution is 5.74. The van der Waals surface area contributed by atoms with Gasteiger partial charge in [-0.15, -0.1) is 0 Å². The molecular weight excluding hydrogens is 386 g/mol. The fourth-order valence-electron chi connectivity index (χ4n) is 3.55. The van der Waals surface area contributed by atoms with Crippen LogP contribution >= 0.6 is 0 Å². The lowest BCUT2D eigenvalue weighted by Crippen LogP contribution is -2.42. The fraction of sp³-hybridized carbons (Fsp3) is 0.304. The van der Waals surface area contributed by atoms with Gasteiger partial charge in [0.25, 0.3) is 0 Å². The van der Waals surface area contributed by atoms with Crippen LogP contribution in [0.3, 0.4) is 0 Å². The number of hydrogen-bond acceptors (Lipinski definition) is 2. The molecule has 1 heterocycles. The van der Waals surface area contributed by atoms with Gasteiger partial charge in [0.2, 0.25) is 0 Å². The number of nitrogens with zero attached hydrogens (tertiary/aromatic N) is 3. The number of carbonyl (C=O) groups is 1. The Bertz CT molecular complexity index is 1000. The van der Waals surface area contributed by atoms with Crippen LogP contribution in [0.2, 0.25) is 0 Å². The molecule has 30 heavy (non-hydrogen) atoms. The topological polar surface area (TPSA) is 50.2 Å². The Morgan fingerprint density at radius 3 is 2.63 bits per heavy atom. The van der Waals surface area contributed by atoms with E-state index in [1.165, 1.54) is 23.2 Å². The highest BCUT2D eigenvalue weighted by Crippen LogP contribution is 2.27. The van der Waals surface area contributed by atoms with Gasteiger partial charge in [0, 0.05) is 37.5 Å². The summed E-state index contributed by atoms with van der Waals surface area (Å²) >= 11 is 0. The molecule has 1 aromatic heterocycles. The lowest BCUT2D eigenvalue weighted by molar-refractivity contribution is 0.164. The summed E-state index contributed by atoms with van der Waals surface area (Å²) in [6.07, 6.45) is 6.74. The van der Waals surface area contributed by atoms with Gasteiger partial charge in [-0.05, 0) is 36.5 Å². The van der Waals surface area contributed by atoms with Crippen LogP contribution < -0.4 is 5.32 Å². The molecule has 5 nitrogen and oxygen atoms in total. The molecule has 1 aliphatic carbocycles. The largest absolute Gasteiger partial charge is 0.334 e. The van der Waals surface area contributed by atoms with Crippen LogP contribution in [0.25, 0.3) is 5.69 Å². The molecule has 2 aromatic carbocycles. The van der Waals surface area contributed by atoms with Crippen LogP contribution in [0, 0.1) is 17.6 Å². The molecule has 0 atom stereocenters. The zero-order chi connectivity index (χ0) is 20.9. The molecule has 3 aromatic rings. The normalized spacial score (nSPS) is 13.7. The fourth-order valence-corrected chi connectivity index (χ4v) is 3.55. The monoisotopic (exact) mass is 410 g/mol. The Labute approximate surface area is 174 Å². The molecular formula is C23H24F2N4O. The number of urea groups is 1. The van der Waals surface area contributed by atoms with Crippen LogP contribution in [-0.2, 0) is 13.1 Å². The van der Waals surface area contributed by atoms with E-state index in [2.05, 4.69) is 10.4 Å². The minimum absolute atomic E-state index is 0.133. The first-order chi connectivity index (χ1) is 14.6. The average Bonchev–Trinajstić information content (AvgIpc) is 3.17. The van der Waals surface area contributed by atoms with Crippen molar-refractivity contribution >= 4 is 6.03 Å². The summed E-state index contributed by atoms with van der Waals surface area (Å²) in [5, 5.41) is 7.07. The van der Waals surface area contributed by atoms with Crippen LogP contribution in [0.15, 0.2) is 60.9 Å². The Balaban J connectivity index is 1.39. The van der Waals surface area contributed by atoms with Gasteiger partial charge in [0.1, 0.15) is 11.5 Å². The van der Waals surface area contributed by atoms with Gasteiger partial charge in [-0.2, -0.15) is 5.10 Å². The second kappa shape index (κ2) is 9.07. The predicted octanol–water partition coefficient (Wildman–Crippen LogP) is 4.66. The van der Waals surface area contributed by atoms with Crippen molar-refractivity contribution in [3.63, 3.8) is 0 Å². The average molecular weight is 410 g/mol. The van der Waals surface area contributed by atoms with Crippen molar-refractivity contribution in [2.45, 2.75) is 32.4 Å². The van der Waals surface area contributed by atoms with E-state index in [1.807, 2.05) is 35.2 Å². The van der Waals surface area contributed by atoms with Gasteiger partial charge in [0.15, 0.2) is 5.82 Å². The number of aromatic nitrogens is 2. The molecule has 0 unspecified atom stereocenters. The van der Waals surface area contributed by atoms with Crippen LogP contribution in [0.1, 0.15) is 30.4 Å². The maximum atomic E-state index is 14.0. The third kappa shape index (κ3) is 4.84. The van der Waals surface area contributed by atoms with E-state index in [0.29, 0.717) is 12.5 Å². The second-order valence-electron chi connectivity index (χ2n) is 7.71. The highest BCUT2D eigenvalue weighted by Gasteiger charge is 2.23. The summed E-state index contributed by atoms with van der Waals surface area (Å²) in [5.74, 6) is -0.771. The van der Waals surface area contributed by atoms with Gasteiger partial charge in [0.05, 0.1) is 6.20 Å². The van der Waals surface area contributed by atoms with Gasteiger partial charge in [-0.3, -0.25) is 0 Å². The van der Waals surface area contributed by atoms with Crippen LogP contribution in [0.5, 0.6) is 0 Å². The molecule has 2 amide bonds. The number of rotatable bonds is 7. The lowest BCUT2D eigenvalue weighted by Gasteiger charge is -2.32. The first kappa shape index (κ1) is 20.1. The van der Waals surface area contributed by atoms with Gasteiger partial charge < -0.3 is 10.2 Å². The molecule has 0 spiro atoms. The van der Waals surface area contributed by atoms with E-state index in [9.17, 15) is 13.6 Å². The molecule has 0 bridgehead atoms. The van der Waals surface area contributed by atoms with E-state index < -0.39 is 11.6 Å². The number of hydrogen-bond donors (Lipinski definition) is 1. The van der Waals surface area contributed by atoms with E-state index in [-0.39, 0.29) is 18.3 Å². The summed E-state index contributed by atoms with van der Waals surface area (Å²) in [7, 11) is 0. The third-order valence-corrected chi connectivity index (χ3v) is 5.44. The van der Waals surface area contributed by atoms with Crippen LogP contribution in [0.4, 0.5) is 13.6 Å². The number of carbonyl (C=O) groups excluding carboxylic acids is 1. The molecule has 0 aliphatic heterocycles. The highest BCUT2D eigenvalue weighted by atomic mass is 19.1. The molecule has 1 fully saturated rings. The summed E-state index contributed by atoms with van der Waals surface area (Å²) in [5.41, 5.74) is 1.98. The van der Waals surface area contributed by atoms with E-state index in [0.717, 1.165) is 36.6 Å². The van der Waals surface area contributed by atoms with Crippen molar-refractivity contribution in [1.29, 1.82) is 0 Å². The van der Waals surface area contributed by atoms with Gasteiger partial charge in [-0.1, -0.05) is 36.8 Å². The van der Waals surface area contributed by atoms with Crippen LogP contribution in [-0.4, -0.2) is 27.3 Å². The SMILES string of the molecule is O=C(NCc1cnn(-c2ccc(F)cc2F)c1)N(Cc1ccccc1)CC1CCC1. The van der Waals surface area contributed by atoms with Crippen molar-refractivity contribution in [2.24, 2.45) is 5.92 Å². The number of nitrogens with one attached hydrogen (secondary N) is 1. The van der Waals surface area contributed by atoms with E-state index in [4.69, 9.17) is 0 Å². The van der Waals surface area contributed by atoms with Crippen molar-refractivity contribution in [2.75, 3.05) is 6.54 Å². The quantitative estimate of drug-likeness (QED) is 0.616. The summed E-state index contributed by atoms with van der Waals surface area (Å²) in [6, 6.07) is 13.1. The first-order valence-corrected chi connectivity index (χ1v) is 10.1. The van der Waals surface area contributed by atoms with E-state index in [1.54, 1.807) is 12.4 Å². The van der Waals surface area contributed by atoms with Crippen molar-refractivity contribution < 1.29 is 13.6 Å². The Morgan fingerprint density at radius 2 is 1.93 bits per heavy atom. The Morgan fingerprint density at radius 1 is 1.13 bits per heavy atom. The lowest BCUT2D eigenvalue weighted by atomic mass is 9.85. The zero-order valence-corrected chi connectivity index (χ0v) is 16.6. The van der Waals surface area contributed by atoms with Crippen molar-refractivity contribution in [1.82, 2.24) is 20.0 Å². The maximum Gasteiger partial charge on any atom is 0.317 e.